The Bertz CT molecular complexity index is 1170. The maximum atomic E-state index is 12.7. The first-order valence-electron chi connectivity index (χ1n) is 8.33. The van der Waals surface area contributed by atoms with Crippen LogP contribution in [0.2, 0.25) is 5.02 Å². The second kappa shape index (κ2) is 7.09. The Morgan fingerprint density at radius 2 is 1.88 bits per heavy atom. The van der Waals surface area contributed by atoms with Crippen molar-refractivity contribution in [1.29, 1.82) is 0 Å². The van der Waals surface area contributed by atoms with Crippen molar-refractivity contribution in [2.45, 2.75) is 24.4 Å². The van der Waals surface area contributed by atoms with Gasteiger partial charge in [0.2, 0.25) is 0 Å². The summed E-state index contributed by atoms with van der Waals surface area (Å²) >= 11 is 7.82. The van der Waals surface area contributed by atoms with Gasteiger partial charge in [0, 0.05) is 28.9 Å². The summed E-state index contributed by atoms with van der Waals surface area (Å²) in [5, 5.41) is 3.00. The summed E-state index contributed by atoms with van der Waals surface area (Å²) in [6.07, 6.45) is 1.77. The van der Waals surface area contributed by atoms with Crippen LogP contribution < -0.4 is 5.56 Å². The largest absolute Gasteiger partial charge is 0.287 e. The highest BCUT2D eigenvalue weighted by Gasteiger charge is 2.12. The molecule has 0 unspecified atom stereocenters. The predicted octanol–water partition coefficient (Wildman–Crippen LogP) is 4.91. The number of fused-ring (bicyclic) bond motifs is 2. The molecule has 0 aliphatic rings. The summed E-state index contributed by atoms with van der Waals surface area (Å²) < 4.78 is 1.72. The predicted molar refractivity (Wildman–Crippen MR) is 108 cm³/mol. The molecule has 2 heterocycles. The lowest BCUT2D eigenvalue weighted by Gasteiger charge is -2.12. The molecule has 0 saturated heterocycles. The van der Waals surface area contributed by atoms with Crippen molar-refractivity contribution in [2.75, 3.05) is 0 Å². The zero-order valence-corrected chi connectivity index (χ0v) is 15.7. The average Bonchev–Trinajstić information content (AvgIpc) is 2.68. The third kappa shape index (κ3) is 2.97. The van der Waals surface area contributed by atoms with E-state index in [-0.39, 0.29) is 5.56 Å². The third-order valence-corrected chi connectivity index (χ3v) is 5.65. The van der Waals surface area contributed by atoms with Gasteiger partial charge in [-0.25, -0.2) is 4.98 Å². The SMILES string of the molecule is CCn1c(SCc2ccc(Cl)c3cccnc23)nc2ccccc2c1=O. The van der Waals surface area contributed by atoms with Crippen molar-refractivity contribution < 1.29 is 0 Å². The molecule has 0 saturated carbocycles. The van der Waals surface area contributed by atoms with Crippen molar-refractivity contribution >= 4 is 45.2 Å². The van der Waals surface area contributed by atoms with Crippen LogP contribution in [0.1, 0.15) is 12.5 Å². The van der Waals surface area contributed by atoms with E-state index < -0.39 is 0 Å². The van der Waals surface area contributed by atoms with Crippen molar-refractivity contribution in [3.05, 3.63) is 75.7 Å². The molecular formula is C20H16ClN3OS. The van der Waals surface area contributed by atoms with E-state index in [1.54, 1.807) is 22.5 Å². The summed E-state index contributed by atoms with van der Waals surface area (Å²) in [6, 6.07) is 15.2. The molecule has 2 aromatic carbocycles. The Labute approximate surface area is 159 Å². The minimum absolute atomic E-state index is 0.000288. The van der Waals surface area contributed by atoms with Crippen molar-refractivity contribution in [1.82, 2.24) is 14.5 Å². The number of para-hydroxylation sites is 1. The maximum absolute atomic E-state index is 12.7. The molecule has 0 aliphatic heterocycles. The number of hydrogen-bond acceptors (Lipinski definition) is 4. The van der Waals surface area contributed by atoms with Gasteiger partial charge in [-0.1, -0.05) is 41.6 Å². The van der Waals surface area contributed by atoms with Crippen LogP contribution >= 0.6 is 23.4 Å². The standard InChI is InChI=1S/C20H16ClN3OS/c1-2-24-19(25)15-6-3-4-8-17(15)23-20(24)26-12-13-9-10-16(21)14-7-5-11-22-18(13)14/h3-11H,2,12H2,1H3. The number of benzene rings is 2. The van der Waals surface area contributed by atoms with Crippen LogP contribution in [0.25, 0.3) is 21.8 Å². The van der Waals surface area contributed by atoms with E-state index in [2.05, 4.69) is 4.98 Å². The van der Waals surface area contributed by atoms with Gasteiger partial charge in [0.15, 0.2) is 5.16 Å². The fourth-order valence-corrected chi connectivity index (χ4v) is 4.26. The summed E-state index contributed by atoms with van der Waals surface area (Å²) in [5.41, 5.74) is 2.68. The Morgan fingerprint density at radius 1 is 1.08 bits per heavy atom. The average molecular weight is 382 g/mol. The fourth-order valence-electron chi connectivity index (χ4n) is 2.99. The van der Waals surface area contributed by atoms with Crippen molar-refractivity contribution in [2.24, 2.45) is 0 Å². The van der Waals surface area contributed by atoms with Gasteiger partial charge in [0.05, 0.1) is 16.4 Å². The summed E-state index contributed by atoms with van der Waals surface area (Å²) in [5.74, 6) is 0.662. The van der Waals surface area contributed by atoms with Gasteiger partial charge in [-0.15, -0.1) is 0 Å². The van der Waals surface area contributed by atoms with E-state index in [1.807, 2.05) is 55.5 Å². The second-order valence-electron chi connectivity index (χ2n) is 5.86. The summed E-state index contributed by atoms with van der Waals surface area (Å²) in [7, 11) is 0. The van der Waals surface area contributed by atoms with Gasteiger partial charge in [0.25, 0.3) is 5.56 Å². The van der Waals surface area contributed by atoms with Crippen molar-refractivity contribution in [3.63, 3.8) is 0 Å². The zero-order chi connectivity index (χ0) is 18.1. The highest BCUT2D eigenvalue weighted by molar-refractivity contribution is 7.98. The second-order valence-corrected chi connectivity index (χ2v) is 7.21. The Morgan fingerprint density at radius 3 is 2.73 bits per heavy atom. The van der Waals surface area contributed by atoms with Gasteiger partial charge < -0.3 is 0 Å². The molecule has 0 radical (unpaired) electrons. The molecule has 4 aromatic rings. The van der Waals surface area contributed by atoms with Crippen LogP contribution in [0.4, 0.5) is 0 Å². The number of hydrogen-bond donors (Lipinski definition) is 0. The molecule has 0 spiro atoms. The Hall–Kier alpha value is -2.37. The highest BCUT2D eigenvalue weighted by atomic mass is 35.5. The molecule has 130 valence electrons. The molecule has 4 nitrogen and oxygen atoms in total. The number of pyridine rings is 1. The molecule has 0 N–H and O–H groups in total. The summed E-state index contributed by atoms with van der Waals surface area (Å²) in [4.78, 5) is 21.9. The molecule has 0 fully saturated rings. The minimum Gasteiger partial charge on any atom is -0.287 e. The van der Waals surface area contributed by atoms with Crippen LogP contribution in [-0.4, -0.2) is 14.5 Å². The van der Waals surface area contributed by atoms with E-state index >= 15 is 0 Å². The lowest BCUT2D eigenvalue weighted by atomic mass is 10.1. The highest BCUT2D eigenvalue weighted by Crippen LogP contribution is 2.29. The smallest absolute Gasteiger partial charge is 0.262 e. The Balaban J connectivity index is 1.75. The first kappa shape index (κ1) is 17.1. The molecular weight excluding hydrogens is 366 g/mol. The summed E-state index contributed by atoms with van der Waals surface area (Å²) in [6.45, 7) is 2.54. The Kier molecular flexibility index (Phi) is 4.66. The van der Waals surface area contributed by atoms with Gasteiger partial charge in [0.1, 0.15) is 0 Å². The zero-order valence-electron chi connectivity index (χ0n) is 14.1. The van der Waals surface area contributed by atoms with E-state index in [9.17, 15) is 4.79 Å². The van der Waals surface area contributed by atoms with Crippen LogP contribution in [0, 0.1) is 0 Å². The molecule has 6 heteroatoms. The number of halogens is 1. The molecule has 0 aliphatic carbocycles. The molecule has 0 amide bonds. The first-order valence-corrected chi connectivity index (χ1v) is 9.70. The number of thioether (sulfide) groups is 1. The first-order chi connectivity index (χ1) is 12.7. The maximum Gasteiger partial charge on any atom is 0.262 e. The van der Waals surface area contributed by atoms with E-state index in [0.717, 1.165) is 27.1 Å². The fraction of sp³-hybridized carbons (Fsp3) is 0.150. The number of nitrogens with zero attached hydrogens (tertiary/aromatic N) is 3. The van der Waals surface area contributed by atoms with E-state index in [0.29, 0.717) is 22.7 Å². The van der Waals surface area contributed by atoms with Gasteiger partial charge in [-0.2, -0.15) is 0 Å². The molecule has 26 heavy (non-hydrogen) atoms. The van der Waals surface area contributed by atoms with Gasteiger partial charge >= 0.3 is 0 Å². The van der Waals surface area contributed by atoms with Gasteiger partial charge in [-0.3, -0.25) is 14.3 Å². The number of aromatic nitrogens is 3. The van der Waals surface area contributed by atoms with E-state index in [4.69, 9.17) is 16.6 Å². The molecule has 0 bridgehead atoms. The quantitative estimate of drug-likeness (QED) is 0.372. The van der Waals surface area contributed by atoms with Gasteiger partial charge in [-0.05, 0) is 42.8 Å². The molecule has 4 rings (SSSR count). The van der Waals surface area contributed by atoms with E-state index in [1.165, 1.54) is 0 Å². The van der Waals surface area contributed by atoms with Crippen LogP contribution in [0.5, 0.6) is 0 Å². The topological polar surface area (TPSA) is 47.8 Å². The lowest BCUT2D eigenvalue weighted by molar-refractivity contribution is 0.634. The van der Waals surface area contributed by atoms with Crippen LogP contribution in [0.3, 0.4) is 0 Å². The van der Waals surface area contributed by atoms with Crippen molar-refractivity contribution in [3.8, 4) is 0 Å². The third-order valence-electron chi connectivity index (χ3n) is 4.30. The number of rotatable bonds is 4. The monoisotopic (exact) mass is 381 g/mol. The lowest BCUT2D eigenvalue weighted by Crippen LogP contribution is -2.22. The molecule has 2 aromatic heterocycles. The molecule has 0 atom stereocenters. The minimum atomic E-state index is -0.000288. The van der Waals surface area contributed by atoms with Crippen LogP contribution in [-0.2, 0) is 12.3 Å². The normalized spacial score (nSPS) is 11.3. The van der Waals surface area contributed by atoms with Crippen LogP contribution in [0.15, 0.2) is 64.7 Å².